The molecule has 1 fully saturated rings. The molecular weight excluding hydrogens is 256 g/mol. The molecule has 1 aliphatic carbocycles. The molecule has 1 aromatic carbocycles. The molecule has 0 spiro atoms. The molecule has 0 heterocycles. The summed E-state index contributed by atoms with van der Waals surface area (Å²) in [5, 5.41) is 4.44. The van der Waals surface area contributed by atoms with E-state index in [0.717, 1.165) is 18.1 Å². The minimum Gasteiger partial charge on any atom is -0.367 e. The van der Waals surface area contributed by atoms with Crippen LogP contribution in [-0.2, 0) is 6.54 Å². The van der Waals surface area contributed by atoms with E-state index < -0.39 is 0 Å². The highest BCUT2D eigenvalue weighted by Crippen LogP contribution is 2.37. The lowest BCUT2D eigenvalue weighted by Crippen LogP contribution is -2.36. The molecule has 2 nitrogen and oxygen atoms in total. The van der Waals surface area contributed by atoms with Gasteiger partial charge >= 0.3 is 0 Å². The van der Waals surface area contributed by atoms with Crippen molar-refractivity contribution in [3.05, 3.63) is 28.8 Å². The lowest BCUT2D eigenvalue weighted by Gasteiger charge is -2.28. The minimum atomic E-state index is 0.121. The summed E-state index contributed by atoms with van der Waals surface area (Å²) in [7, 11) is 0. The third-order valence-corrected chi connectivity index (χ3v) is 3.80. The topological polar surface area (TPSA) is 15.3 Å². The summed E-state index contributed by atoms with van der Waals surface area (Å²) in [6.07, 6.45) is 2.59. The van der Waals surface area contributed by atoms with Crippen LogP contribution in [0.1, 0.15) is 46.1 Å². The Morgan fingerprint density at radius 1 is 1.32 bits per heavy atom. The molecule has 2 rings (SSSR count). The molecule has 0 aliphatic heterocycles. The molecule has 0 unspecified atom stereocenters. The number of anilines is 1. The average Bonchev–Trinajstić information content (AvgIpc) is 3.13. The summed E-state index contributed by atoms with van der Waals surface area (Å²) in [5.74, 6) is 0. The average molecular weight is 281 g/mol. The molecular formula is C16H25ClN2. The van der Waals surface area contributed by atoms with Crippen molar-refractivity contribution in [2.24, 2.45) is 0 Å². The molecule has 1 aliphatic rings. The first-order valence-corrected chi connectivity index (χ1v) is 7.59. The van der Waals surface area contributed by atoms with Gasteiger partial charge in [0, 0.05) is 24.7 Å². The Balaban J connectivity index is 2.24. The number of halogens is 1. The zero-order chi connectivity index (χ0) is 14.0. The number of hydrogen-bond donors (Lipinski definition) is 1. The van der Waals surface area contributed by atoms with Crippen LogP contribution in [-0.4, -0.2) is 18.1 Å². The molecule has 106 valence electrons. The van der Waals surface area contributed by atoms with Crippen molar-refractivity contribution in [2.45, 2.75) is 58.7 Å². The molecule has 0 amide bonds. The zero-order valence-electron chi connectivity index (χ0n) is 12.5. The van der Waals surface area contributed by atoms with Crippen molar-refractivity contribution >= 4 is 17.3 Å². The Morgan fingerprint density at radius 2 is 2.00 bits per heavy atom. The Kier molecular flexibility index (Phi) is 4.42. The van der Waals surface area contributed by atoms with Gasteiger partial charge in [-0.2, -0.15) is 0 Å². The van der Waals surface area contributed by atoms with E-state index in [4.69, 9.17) is 11.6 Å². The highest BCUT2D eigenvalue weighted by Gasteiger charge is 2.30. The molecule has 3 heteroatoms. The van der Waals surface area contributed by atoms with Crippen LogP contribution in [0.2, 0.25) is 5.02 Å². The number of nitrogens with one attached hydrogen (secondary N) is 1. The maximum Gasteiger partial charge on any atom is 0.0643 e. The van der Waals surface area contributed by atoms with Crippen LogP contribution in [0, 0.1) is 0 Å². The lowest BCUT2D eigenvalue weighted by atomic mass is 10.1. The summed E-state index contributed by atoms with van der Waals surface area (Å²) < 4.78 is 0. The van der Waals surface area contributed by atoms with Crippen LogP contribution in [0.25, 0.3) is 0 Å². The second-order valence-corrected chi connectivity index (χ2v) is 6.78. The monoisotopic (exact) mass is 280 g/mol. The van der Waals surface area contributed by atoms with E-state index in [9.17, 15) is 0 Å². The SMILES string of the molecule is CCN(c1c(Cl)cccc1CNC(C)(C)C)C1CC1. The molecule has 19 heavy (non-hydrogen) atoms. The molecule has 1 saturated carbocycles. The van der Waals surface area contributed by atoms with Crippen molar-refractivity contribution in [1.29, 1.82) is 0 Å². The fourth-order valence-electron chi connectivity index (χ4n) is 2.37. The number of benzene rings is 1. The maximum absolute atomic E-state index is 6.46. The van der Waals surface area contributed by atoms with Crippen molar-refractivity contribution in [3.8, 4) is 0 Å². The van der Waals surface area contributed by atoms with E-state index in [1.54, 1.807) is 0 Å². The van der Waals surface area contributed by atoms with Gasteiger partial charge in [0.05, 0.1) is 10.7 Å². The molecule has 0 aromatic heterocycles. The predicted octanol–water partition coefficient (Wildman–Crippen LogP) is 4.22. The second-order valence-electron chi connectivity index (χ2n) is 6.37. The smallest absolute Gasteiger partial charge is 0.0643 e. The highest BCUT2D eigenvalue weighted by atomic mass is 35.5. The lowest BCUT2D eigenvalue weighted by molar-refractivity contribution is 0.424. The van der Waals surface area contributed by atoms with Gasteiger partial charge in [-0.05, 0) is 52.2 Å². The first-order valence-electron chi connectivity index (χ1n) is 7.21. The normalized spacial score (nSPS) is 15.6. The van der Waals surface area contributed by atoms with Crippen LogP contribution in [0.3, 0.4) is 0 Å². The van der Waals surface area contributed by atoms with E-state index >= 15 is 0 Å². The van der Waals surface area contributed by atoms with Gasteiger partial charge < -0.3 is 10.2 Å². The van der Waals surface area contributed by atoms with Gasteiger partial charge in [-0.3, -0.25) is 0 Å². The number of para-hydroxylation sites is 1. The van der Waals surface area contributed by atoms with Crippen molar-refractivity contribution < 1.29 is 0 Å². The van der Waals surface area contributed by atoms with Crippen molar-refractivity contribution in [2.75, 3.05) is 11.4 Å². The fourth-order valence-corrected chi connectivity index (χ4v) is 2.67. The van der Waals surface area contributed by atoms with Crippen LogP contribution in [0.5, 0.6) is 0 Å². The Labute approximate surface area is 122 Å². The zero-order valence-corrected chi connectivity index (χ0v) is 13.2. The summed E-state index contributed by atoms with van der Waals surface area (Å²) in [6.45, 7) is 10.7. The second kappa shape index (κ2) is 5.72. The highest BCUT2D eigenvalue weighted by molar-refractivity contribution is 6.33. The van der Waals surface area contributed by atoms with Crippen LogP contribution in [0.15, 0.2) is 18.2 Å². The molecule has 1 N–H and O–H groups in total. The fraction of sp³-hybridized carbons (Fsp3) is 0.625. The van der Waals surface area contributed by atoms with Crippen LogP contribution >= 0.6 is 11.6 Å². The van der Waals surface area contributed by atoms with Crippen LogP contribution < -0.4 is 10.2 Å². The largest absolute Gasteiger partial charge is 0.367 e. The van der Waals surface area contributed by atoms with Gasteiger partial charge in [0.2, 0.25) is 0 Å². The Bertz CT molecular complexity index is 433. The van der Waals surface area contributed by atoms with Gasteiger partial charge in [-0.25, -0.2) is 0 Å². The Hall–Kier alpha value is -0.730. The summed E-state index contributed by atoms with van der Waals surface area (Å²) in [5.41, 5.74) is 2.65. The molecule has 1 aromatic rings. The number of rotatable bonds is 5. The van der Waals surface area contributed by atoms with Crippen molar-refractivity contribution in [3.63, 3.8) is 0 Å². The third kappa shape index (κ3) is 3.87. The maximum atomic E-state index is 6.46. The van der Waals surface area contributed by atoms with Gasteiger partial charge in [-0.1, -0.05) is 23.7 Å². The van der Waals surface area contributed by atoms with E-state index in [2.05, 4.69) is 44.0 Å². The van der Waals surface area contributed by atoms with Gasteiger partial charge in [0.25, 0.3) is 0 Å². The van der Waals surface area contributed by atoms with Gasteiger partial charge in [-0.15, -0.1) is 0 Å². The van der Waals surface area contributed by atoms with Gasteiger partial charge in [0.15, 0.2) is 0 Å². The first kappa shape index (κ1) is 14.7. The number of hydrogen-bond acceptors (Lipinski definition) is 2. The van der Waals surface area contributed by atoms with E-state index in [-0.39, 0.29) is 5.54 Å². The van der Waals surface area contributed by atoms with Gasteiger partial charge in [0.1, 0.15) is 0 Å². The Morgan fingerprint density at radius 3 is 2.53 bits per heavy atom. The van der Waals surface area contributed by atoms with E-state index in [1.165, 1.54) is 24.1 Å². The first-order chi connectivity index (χ1) is 8.92. The molecule has 0 atom stereocenters. The van der Waals surface area contributed by atoms with E-state index in [1.807, 2.05) is 12.1 Å². The summed E-state index contributed by atoms with van der Waals surface area (Å²) in [6, 6.07) is 6.93. The summed E-state index contributed by atoms with van der Waals surface area (Å²) in [4.78, 5) is 2.46. The summed E-state index contributed by atoms with van der Waals surface area (Å²) >= 11 is 6.46. The molecule has 0 saturated heterocycles. The van der Waals surface area contributed by atoms with E-state index in [0.29, 0.717) is 6.04 Å². The van der Waals surface area contributed by atoms with Crippen molar-refractivity contribution in [1.82, 2.24) is 5.32 Å². The quantitative estimate of drug-likeness (QED) is 0.869. The minimum absolute atomic E-state index is 0.121. The van der Waals surface area contributed by atoms with Crippen LogP contribution in [0.4, 0.5) is 5.69 Å². The third-order valence-electron chi connectivity index (χ3n) is 3.50. The predicted molar refractivity (Wildman–Crippen MR) is 84.1 cm³/mol. The molecule has 0 radical (unpaired) electrons. The molecule has 0 bridgehead atoms. The number of nitrogens with zero attached hydrogens (tertiary/aromatic N) is 1. The standard InChI is InChI=1S/C16H25ClN2/c1-5-19(13-9-10-13)15-12(7-6-8-14(15)17)11-18-16(2,3)4/h6-8,13,18H,5,9-11H2,1-4H3.